The summed E-state index contributed by atoms with van der Waals surface area (Å²) in [5, 5.41) is 3.35. The molecule has 0 spiro atoms. The van der Waals surface area contributed by atoms with Crippen molar-refractivity contribution in [3.63, 3.8) is 0 Å². The zero-order chi connectivity index (χ0) is 13.1. The van der Waals surface area contributed by atoms with Gasteiger partial charge in [-0.25, -0.2) is 9.97 Å². The Kier molecular flexibility index (Phi) is 4.92. The number of halogens is 1. The molecule has 0 bridgehead atoms. The van der Waals surface area contributed by atoms with E-state index >= 15 is 0 Å². The first-order valence-corrected chi connectivity index (χ1v) is 6.87. The van der Waals surface area contributed by atoms with Crippen LogP contribution in [-0.2, 0) is 5.41 Å². The molecule has 0 radical (unpaired) electrons. The van der Waals surface area contributed by atoms with Crippen molar-refractivity contribution < 1.29 is 0 Å². The van der Waals surface area contributed by atoms with E-state index in [2.05, 4.69) is 65.8 Å². The third-order valence-electron chi connectivity index (χ3n) is 2.39. The van der Waals surface area contributed by atoms with Crippen molar-refractivity contribution in [3.05, 3.63) is 16.5 Å². The quantitative estimate of drug-likeness (QED) is 0.854. The van der Waals surface area contributed by atoms with E-state index in [9.17, 15) is 0 Å². The molecule has 0 aliphatic rings. The SMILES string of the molecule is CC(C)CCNc1cc(Br)nc(C(C)(C)C)n1. The molecule has 4 heteroatoms. The van der Waals surface area contributed by atoms with Gasteiger partial charge in [0, 0.05) is 18.0 Å². The standard InChI is InChI=1S/C13H22BrN3/c1-9(2)6-7-15-11-8-10(14)16-12(17-11)13(3,4)5/h8-9H,6-7H2,1-5H3,(H,15,16,17). The van der Waals surface area contributed by atoms with E-state index < -0.39 is 0 Å². The molecule has 0 saturated heterocycles. The second-order valence-electron chi connectivity index (χ2n) is 5.76. The number of hydrogen-bond acceptors (Lipinski definition) is 3. The van der Waals surface area contributed by atoms with E-state index in [1.165, 1.54) is 0 Å². The van der Waals surface area contributed by atoms with Gasteiger partial charge in [-0.15, -0.1) is 0 Å². The van der Waals surface area contributed by atoms with E-state index in [1.54, 1.807) is 0 Å². The van der Waals surface area contributed by atoms with Crippen molar-refractivity contribution in [1.82, 2.24) is 9.97 Å². The molecular formula is C13H22BrN3. The summed E-state index contributed by atoms with van der Waals surface area (Å²) in [6.07, 6.45) is 1.15. The topological polar surface area (TPSA) is 37.8 Å². The average molecular weight is 300 g/mol. The lowest BCUT2D eigenvalue weighted by Gasteiger charge is -2.18. The van der Waals surface area contributed by atoms with Crippen LogP contribution < -0.4 is 5.32 Å². The summed E-state index contributed by atoms with van der Waals surface area (Å²) < 4.78 is 0.837. The number of rotatable bonds is 4. The van der Waals surface area contributed by atoms with Gasteiger partial charge in [0.2, 0.25) is 0 Å². The first-order chi connectivity index (χ1) is 7.79. The Balaban J connectivity index is 2.76. The lowest BCUT2D eigenvalue weighted by Crippen LogP contribution is -2.17. The van der Waals surface area contributed by atoms with Gasteiger partial charge in [-0.3, -0.25) is 0 Å². The van der Waals surface area contributed by atoms with Gasteiger partial charge in [-0.2, -0.15) is 0 Å². The molecule has 17 heavy (non-hydrogen) atoms. The Morgan fingerprint density at radius 1 is 1.29 bits per heavy atom. The van der Waals surface area contributed by atoms with Crippen LogP contribution in [0.1, 0.15) is 46.9 Å². The molecule has 1 aromatic rings. The molecule has 0 aliphatic heterocycles. The van der Waals surface area contributed by atoms with Crippen molar-refractivity contribution in [3.8, 4) is 0 Å². The molecular weight excluding hydrogens is 278 g/mol. The van der Waals surface area contributed by atoms with Crippen molar-refractivity contribution in [2.24, 2.45) is 5.92 Å². The molecule has 3 nitrogen and oxygen atoms in total. The van der Waals surface area contributed by atoms with Crippen LogP contribution in [0.4, 0.5) is 5.82 Å². The Morgan fingerprint density at radius 2 is 1.94 bits per heavy atom. The predicted octanol–water partition coefficient (Wildman–Crippen LogP) is 3.99. The van der Waals surface area contributed by atoms with Gasteiger partial charge >= 0.3 is 0 Å². The van der Waals surface area contributed by atoms with Gasteiger partial charge in [0.15, 0.2) is 0 Å². The van der Waals surface area contributed by atoms with Crippen LogP contribution in [0, 0.1) is 5.92 Å². The van der Waals surface area contributed by atoms with Crippen LogP contribution in [0.2, 0.25) is 0 Å². The smallest absolute Gasteiger partial charge is 0.137 e. The Bertz CT molecular complexity index is 369. The van der Waals surface area contributed by atoms with E-state index in [0.29, 0.717) is 5.92 Å². The molecule has 1 rings (SSSR count). The van der Waals surface area contributed by atoms with Gasteiger partial charge in [0.1, 0.15) is 16.2 Å². The van der Waals surface area contributed by atoms with Gasteiger partial charge < -0.3 is 5.32 Å². The second kappa shape index (κ2) is 5.80. The van der Waals surface area contributed by atoms with Gasteiger partial charge in [-0.05, 0) is 28.3 Å². The second-order valence-corrected chi connectivity index (χ2v) is 6.57. The summed E-state index contributed by atoms with van der Waals surface area (Å²) in [6, 6.07) is 1.93. The van der Waals surface area contributed by atoms with Gasteiger partial charge in [-0.1, -0.05) is 34.6 Å². The van der Waals surface area contributed by atoms with E-state index in [1.807, 2.05) is 6.07 Å². The number of anilines is 1. The molecule has 0 atom stereocenters. The monoisotopic (exact) mass is 299 g/mol. The molecule has 0 aromatic carbocycles. The van der Waals surface area contributed by atoms with Crippen LogP contribution in [-0.4, -0.2) is 16.5 Å². The zero-order valence-electron chi connectivity index (χ0n) is 11.3. The minimum Gasteiger partial charge on any atom is -0.370 e. The lowest BCUT2D eigenvalue weighted by atomic mass is 9.96. The van der Waals surface area contributed by atoms with Gasteiger partial charge in [0.25, 0.3) is 0 Å². The Hall–Kier alpha value is -0.640. The normalized spacial score (nSPS) is 11.9. The summed E-state index contributed by atoms with van der Waals surface area (Å²) in [5.41, 5.74) is -0.0295. The van der Waals surface area contributed by atoms with Gasteiger partial charge in [0.05, 0.1) is 0 Å². The predicted molar refractivity (Wildman–Crippen MR) is 76.4 cm³/mol. The molecule has 0 amide bonds. The van der Waals surface area contributed by atoms with Crippen molar-refractivity contribution in [2.75, 3.05) is 11.9 Å². The lowest BCUT2D eigenvalue weighted by molar-refractivity contribution is 0.543. The number of hydrogen-bond donors (Lipinski definition) is 1. The molecule has 1 aromatic heterocycles. The summed E-state index contributed by atoms with van der Waals surface area (Å²) >= 11 is 3.44. The van der Waals surface area contributed by atoms with Crippen LogP contribution in [0.15, 0.2) is 10.7 Å². The fraction of sp³-hybridized carbons (Fsp3) is 0.692. The minimum absolute atomic E-state index is 0.0295. The van der Waals surface area contributed by atoms with Crippen molar-refractivity contribution >= 4 is 21.7 Å². The summed E-state index contributed by atoms with van der Waals surface area (Å²) in [6.45, 7) is 11.7. The van der Waals surface area contributed by atoms with Crippen molar-refractivity contribution in [2.45, 2.75) is 46.5 Å². The first kappa shape index (κ1) is 14.4. The maximum atomic E-state index is 4.55. The Labute approximate surface area is 113 Å². The third kappa shape index (κ3) is 5.02. The highest BCUT2D eigenvalue weighted by Crippen LogP contribution is 2.22. The Morgan fingerprint density at radius 3 is 2.47 bits per heavy atom. The van der Waals surface area contributed by atoms with Crippen LogP contribution in [0.5, 0.6) is 0 Å². The fourth-order valence-electron chi connectivity index (χ4n) is 1.33. The summed E-state index contributed by atoms with van der Waals surface area (Å²) in [5.74, 6) is 2.46. The molecule has 0 unspecified atom stereocenters. The minimum atomic E-state index is -0.0295. The number of nitrogens with zero attached hydrogens (tertiary/aromatic N) is 2. The maximum absolute atomic E-state index is 4.55. The van der Waals surface area contributed by atoms with Crippen LogP contribution in [0.25, 0.3) is 0 Å². The highest BCUT2D eigenvalue weighted by molar-refractivity contribution is 9.10. The van der Waals surface area contributed by atoms with E-state index in [-0.39, 0.29) is 5.41 Å². The molecule has 0 aliphatic carbocycles. The molecule has 1 heterocycles. The first-order valence-electron chi connectivity index (χ1n) is 6.08. The maximum Gasteiger partial charge on any atom is 0.137 e. The van der Waals surface area contributed by atoms with Crippen molar-refractivity contribution in [1.29, 1.82) is 0 Å². The molecule has 96 valence electrons. The largest absolute Gasteiger partial charge is 0.370 e. The summed E-state index contributed by atoms with van der Waals surface area (Å²) in [7, 11) is 0. The van der Waals surface area contributed by atoms with E-state index in [4.69, 9.17) is 0 Å². The zero-order valence-corrected chi connectivity index (χ0v) is 12.9. The average Bonchev–Trinajstić information content (AvgIpc) is 2.14. The van der Waals surface area contributed by atoms with E-state index in [0.717, 1.165) is 29.2 Å². The molecule has 1 N–H and O–H groups in total. The molecule has 0 fully saturated rings. The highest BCUT2D eigenvalue weighted by Gasteiger charge is 2.18. The third-order valence-corrected chi connectivity index (χ3v) is 2.80. The molecule has 0 saturated carbocycles. The highest BCUT2D eigenvalue weighted by atomic mass is 79.9. The number of nitrogens with one attached hydrogen (secondary N) is 1. The summed E-state index contributed by atoms with van der Waals surface area (Å²) in [4.78, 5) is 8.96. The fourth-order valence-corrected chi connectivity index (χ4v) is 1.72. The number of aromatic nitrogens is 2. The van der Waals surface area contributed by atoms with Crippen LogP contribution >= 0.6 is 15.9 Å². The van der Waals surface area contributed by atoms with Crippen LogP contribution in [0.3, 0.4) is 0 Å².